The third-order valence-electron chi connectivity index (χ3n) is 8.35. The third kappa shape index (κ3) is 5.64. The molecule has 0 radical (unpaired) electrons. The van der Waals surface area contributed by atoms with Crippen molar-refractivity contribution in [2.24, 2.45) is 0 Å². The Kier molecular flexibility index (Phi) is 8.89. The molecular formula is C32H37ClF2N4O3. The van der Waals surface area contributed by atoms with Crippen LogP contribution in [0.25, 0.3) is 10.9 Å². The number of anilines is 1. The molecule has 1 fully saturated rings. The number of benzene rings is 2. The highest BCUT2D eigenvalue weighted by atomic mass is 35.5. The zero-order valence-corrected chi connectivity index (χ0v) is 25.2. The largest absolute Gasteiger partial charge is 0.492 e. The molecule has 1 N–H and O–H groups in total. The summed E-state index contributed by atoms with van der Waals surface area (Å²) in [6.07, 6.45) is 5.74. The molecular weight excluding hydrogens is 562 g/mol. The van der Waals surface area contributed by atoms with E-state index in [-0.39, 0.29) is 53.1 Å². The van der Waals surface area contributed by atoms with Crippen LogP contribution in [0.5, 0.6) is 5.75 Å². The third-order valence-corrected chi connectivity index (χ3v) is 8.58. The van der Waals surface area contributed by atoms with Crippen LogP contribution in [0.15, 0.2) is 46.9 Å². The standard InChI is InChI=1S/C32H37ClF2N4O3/c1-5-6-21-12-24-17-38(15-20(3)39(24)16-21)29-27(35)13-25-28(31(29)42-4)37(10-9-34)18-26(30(25)40)32(41)36-14-22-7-8-23(33)11-19(22)2/h7-8,11-13,18,20,24H,5-6,9-10,14-17H2,1-4H3,(H,36,41). The highest BCUT2D eigenvalue weighted by molar-refractivity contribution is 6.30. The molecule has 5 rings (SSSR count). The summed E-state index contributed by atoms with van der Waals surface area (Å²) in [5.41, 5.74) is 2.80. The van der Waals surface area contributed by atoms with Gasteiger partial charge in [0, 0.05) is 49.5 Å². The summed E-state index contributed by atoms with van der Waals surface area (Å²) >= 11 is 6.03. The molecule has 2 aromatic carbocycles. The van der Waals surface area contributed by atoms with Crippen LogP contribution in [0.1, 0.15) is 48.2 Å². The van der Waals surface area contributed by atoms with Crippen molar-refractivity contribution in [3.05, 3.63) is 79.9 Å². The molecule has 42 heavy (non-hydrogen) atoms. The molecule has 1 aromatic heterocycles. The van der Waals surface area contributed by atoms with Gasteiger partial charge in [-0.2, -0.15) is 0 Å². The lowest BCUT2D eigenvalue weighted by Crippen LogP contribution is -2.55. The zero-order valence-electron chi connectivity index (χ0n) is 24.5. The minimum Gasteiger partial charge on any atom is -0.492 e. The molecule has 2 aliphatic rings. The lowest BCUT2D eigenvalue weighted by molar-refractivity contribution is 0.0949. The number of alkyl halides is 1. The Morgan fingerprint density at radius 2 is 2.02 bits per heavy atom. The van der Waals surface area contributed by atoms with Crippen molar-refractivity contribution in [1.82, 2.24) is 14.8 Å². The molecule has 1 amide bonds. The number of rotatable bonds is 9. The van der Waals surface area contributed by atoms with Crippen molar-refractivity contribution in [2.75, 3.05) is 38.3 Å². The second kappa shape index (κ2) is 12.4. The van der Waals surface area contributed by atoms with Crippen molar-refractivity contribution in [3.8, 4) is 5.75 Å². The van der Waals surface area contributed by atoms with Crippen molar-refractivity contribution < 1.29 is 18.3 Å². The summed E-state index contributed by atoms with van der Waals surface area (Å²) < 4.78 is 37.1. The average molecular weight is 599 g/mol. The number of hydrogen-bond acceptors (Lipinski definition) is 5. The first-order chi connectivity index (χ1) is 20.2. The predicted octanol–water partition coefficient (Wildman–Crippen LogP) is 5.63. The van der Waals surface area contributed by atoms with Crippen LogP contribution in [-0.4, -0.2) is 60.9 Å². The first kappa shape index (κ1) is 30.0. The van der Waals surface area contributed by atoms with Gasteiger partial charge >= 0.3 is 0 Å². The Bertz CT molecular complexity index is 1610. The maximum Gasteiger partial charge on any atom is 0.257 e. The van der Waals surface area contributed by atoms with Crippen LogP contribution in [0, 0.1) is 12.7 Å². The smallest absolute Gasteiger partial charge is 0.257 e. The average Bonchev–Trinajstić information content (AvgIpc) is 3.36. The number of aryl methyl sites for hydroxylation is 2. The molecule has 0 saturated carbocycles. The Morgan fingerprint density at radius 3 is 2.71 bits per heavy atom. The van der Waals surface area contributed by atoms with E-state index in [1.165, 1.54) is 23.4 Å². The van der Waals surface area contributed by atoms with E-state index in [2.05, 4.69) is 30.1 Å². The number of ether oxygens (including phenoxy) is 1. The topological polar surface area (TPSA) is 66.8 Å². The van der Waals surface area contributed by atoms with E-state index in [0.717, 1.165) is 36.6 Å². The van der Waals surface area contributed by atoms with Crippen molar-refractivity contribution >= 4 is 34.1 Å². The SMILES string of the molecule is CCCC1=CC2CN(c3c(F)cc4c(=O)c(C(=O)NCc5ccc(Cl)cc5C)cn(CCF)c4c3OC)CC(C)N2C1. The van der Waals surface area contributed by atoms with Gasteiger partial charge in [-0.15, -0.1) is 0 Å². The Hall–Kier alpha value is -3.43. The summed E-state index contributed by atoms with van der Waals surface area (Å²) in [4.78, 5) is 31.2. The number of carbonyl (C=O) groups excluding carboxylic acids is 1. The number of fused-ring (bicyclic) bond motifs is 2. The van der Waals surface area contributed by atoms with Gasteiger partial charge in [0.25, 0.3) is 5.91 Å². The first-order valence-electron chi connectivity index (χ1n) is 14.4. The van der Waals surface area contributed by atoms with Gasteiger partial charge < -0.3 is 19.5 Å². The quantitative estimate of drug-likeness (QED) is 0.324. The van der Waals surface area contributed by atoms with Gasteiger partial charge in [-0.25, -0.2) is 8.78 Å². The van der Waals surface area contributed by atoms with Crippen LogP contribution < -0.4 is 20.4 Å². The van der Waals surface area contributed by atoms with Crippen LogP contribution in [0.3, 0.4) is 0 Å². The summed E-state index contributed by atoms with van der Waals surface area (Å²) in [6.45, 7) is 7.50. The lowest BCUT2D eigenvalue weighted by Gasteiger charge is -2.43. The number of hydrogen-bond donors (Lipinski definition) is 1. The highest BCUT2D eigenvalue weighted by Gasteiger charge is 2.37. The fraction of sp³-hybridized carbons (Fsp3) is 0.438. The number of halogens is 3. The number of amides is 1. The summed E-state index contributed by atoms with van der Waals surface area (Å²) in [7, 11) is 1.42. The number of nitrogens with one attached hydrogen (secondary N) is 1. The van der Waals surface area contributed by atoms with Gasteiger partial charge in [0.2, 0.25) is 5.43 Å². The Labute approximate surface area is 249 Å². The Morgan fingerprint density at radius 1 is 1.24 bits per heavy atom. The minimum atomic E-state index is -0.748. The molecule has 0 spiro atoms. The first-order valence-corrected chi connectivity index (χ1v) is 14.8. The van der Waals surface area contributed by atoms with E-state index in [9.17, 15) is 14.0 Å². The number of pyridine rings is 1. The fourth-order valence-electron chi connectivity index (χ4n) is 6.34. The molecule has 2 atom stereocenters. The summed E-state index contributed by atoms with van der Waals surface area (Å²) in [5.74, 6) is -1.09. The van der Waals surface area contributed by atoms with Crippen LogP contribution in [0.2, 0.25) is 5.02 Å². The van der Waals surface area contributed by atoms with E-state index in [1.807, 2.05) is 11.8 Å². The summed E-state index contributed by atoms with van der Waals surface area (Å²) in [6, 6.07) is 6.77. The molecule has 10 heteroatoms. The van der Waals surface area contributed by atoms with Gasteiger partial charge in [-0.05, 0) is 49.6 Å². The second-order valence-corrected chi connectivity index (χ2v) is 11.6. The van der Waals surface area contributed by atoms with Crippen LogP contribution in [0.4, 0.5) is 14.5 Å². The predicted molar refractivity (Wildman–Crippen MR) is 163 cm³/mol. The molecule has 3 heterocycles. The molecule has 3 aromatic rings. The number of carbonyl (C=O) groups is 1. The van der Waals surface area contributed by atoms with Crippen molar-refractivity contribution in [3.63, 3.8) is 0 Å². The van der Waals surface area contributed by atoms with E-state index in [0.29, 0.717) is 18.1 Å². The summed E-state index contributed by atoms with van der Waals surface area (Å²) in [5, 5.41) is 3.31. The van der Waals surface area contributed by atoms with E-state index >= 15 is 4.39 Å². The normalized spacial score (nSPS) is 18.7. The van der Waals surface area contributed by atoms with E-state index in [4.69, 9.17) is 16.3 Å². The molecule has 224 valence electrons. The fourth-order valence-corrected chi connectivity index (χ4v) is 6.56. The van der Waals surface area contributed by atoms with E-state index in [1.54, 1.807) is 18.2 Å². The van der Waals surface area contributed by atoms with E-state index < -0.39 is 23.8 Å². The molecule has 2 unspecified atom stereocenters. The highest BCUT2D eigenvalue weighted by Crippen LogP contribution is 2.40. The maximum atomic E-state index is 16.0. The molecule has 1 saturated heterocycles. The number of piperazine rings is 1. The van der Waals surface area contributed by atoms with Crippen molar-refractivity contribution in [1.29, 1.82) is 0 Å². The Balaban J connectivity index is 1.54. The zero-order chi connectivity index (χ0) is 30.1. The van der Waals surface area contributed by atoms with Gasteiger partial charge in [-0.3, -0.25) is 14.5 Å². The number of methoxy groups -OCH3 is 1. The molecule has 2 aliphatic heterocycles. The molecule has 0 aliphatic carbocycles. The molecule has 7 nitrogen and oxygen atoms in total. The van der Waals surface area contributed by atoms with Gasteiger partial charge in [0.05, 0.1) is 24.6 Å². The van der Waals surface area contributed by atoms with Crippen LogP contribution >= 0.6 is 11.6 Å². The monoisotopic (exact) mass is 598 g/mol. The number of aromatic nitrogens is 1. The lowest BCUT2D eigenvalue weighted by atomic mass is 10.0. The van der Waals surface area contributed by atoms with Gasteiger partial charge in [0.15, 0.2) is 11.6 Å². The number of nitrogens with zero attached hydrogens (tertiary/aromatic N) is 3. The van der Waals surface area contributed by atoms with Crippen molar-refractivity contribution in [2.45, 2.75) is 58.8 Å². The maximum absolute atomic E-state index is 16.0. The van der Waals surface area contributed by atoms with Crippen LogP contribution in [-0.2, 0) is 13.1 Å². The van der Waals surface area contributed by atoms with Gasteiger partial charge in [0.1, 0.15) is 17.9 Å². The minimum absolute atomic E-state index is 0.0328. The van der Waals surface area contributed by atoms with Gasteiger partial charge in [-0.1, -0.05) is 42.7 Å². The second-order valence-electron chi connectivity index (χ2n) is 11.2. The molecule has 0 bridgehead atoms.